The summed E-state index contributed by atoms with van der Waals surface area (Å²) in [5.41, 5.74) is 1.27. The zero-order valence-corrected chi connectivity index (χ0v) is 11.3. The average Bonchev–Trinajstić information content (AvgIpc) is 2.39. The van der Waals surface area contributed by atoms with Crippen LogP contribution in [-0.4, -0.2) is 18.0 Å². The Morgan fingerprint density at radius 3 is 2.61 bits per heavy atom. The third-order valence-corrected chi connectivity index (χ3v) is 2.97. The summed E-state index contributed by atoms with van der Waals surface area (Å²) in [5.74, 6) is 0.514. The zero-order valence-electron chi connectivity index (χ0n) is 9.68. The first-order chi connectivity index (χ1) is 8.70. The topological polar surface area (TPSA) is 51.2 Å². The van der Waals surface area contributed by atoms with E-state index in [1.54, 1.807) is 49.8 Å². The number of carbonyl (C=O) groups excluding carboxylic acids is 1. The minimum absolute atomic E-state index is 0.176. The van der Waals surface area contributed by atoms with Crippen molar-refractivity contribution < 1.29 is 9.53 Å². The first-order valence-electron chi connectivity index (χ1n) is 5.25. The molecule has 1 amide bonds. The Balaban J connectivity index is 2.17. The Hall–Kier alpha value is -1.88. The molecule has 0 aliphatic carbocycles. The third kappa shape index (κ3) is 2.87. The number of benzene rings is 1. The van der Waals surface area contributed by atoms with Crippen LogP contribution in [0.15, 0.2) is 47.2 Å². The van der Waals surface area contributed by atoms with Crippen LogP contribution in [0.25, 0.3) is 0 Å². The Bertz CT molecular complexity index is 558. The van der Waals surface area contributed by atoms with Gasteiger partial charge in [0, 0.05) is 23.6 Å². The highest BCUT2D eigenvalue weighted by Gasteiger charge is 2.08. The number of hydrogen-bond donors (Lipinski definition) is 1. The molecule has 0 aliphatic rings. The van der Waals surface area contributed by atoms with Gasteiger partial charge in [0.25, 0.3) is 5.91 Å². The van der Waals surface area contributed by atoms with Crippen LogP contribution in [0.4, 0.5) is 5.69 Å². The first-order valence-corrected chi connectivity index (χ1v) is 6.05. The minimum Gasteiger partial charge on any atom is -0.496 e. The van der Waals surface area contributed by atoms with Gasteiger partial charge in [0.15, 0.2) is 0 Å². The van der Waals surface area contributed by atoms with Gasteiger partial charge in [0.05, 0.1) is 11.6 Å². The zero-order chi connectivity index (χ0) is 13.0. The summed E-state index contributed by atoms with van der Waals surface area (Å²) >= 11 is 3.35. The van der Waals surface area contributed by atoms with E-state index in [0.29, 0.717) is 17.0 Å². The lowest BCUT2D eigenvalue weighted by Gasteiger charge is -2.07. The van der Waals surface area contributed by atoms with Crippen molar-refractivity contribution in [3.05, 3.63) is 52.8 Å². The van der Waals surface area contributed by atoms with Gasteiger partial charge in [-0.1, -0.05) is 0 Å². The lowest BCUT2D eigenvalue weighted by atomic mass is 10.2. The second-order valence-corrected chi connectivity index (χ2v) is 4.39. The van der Waals surface area contributed by atoms with Gasteiger partial charge >= 0.3 is 0 Å². The molecule has 4 nitrogen and oxygen atoms in total. The number of aromatic nitrogens is 1. The van der Waals surface area contributed by atoms with Gasteiger partial charge in [-0.15, -0.1) is 0 Å². The Labute approximate surface area is 113 Å². The van der Waals surface area contributed by atoms with E-state index < -0.39 is 0 Å². The van der Waals surface area contributed by atoms with E-state index in [1.165, 1.54) is 0 Å². The normalized spacial score (nSPS) is 9.89. The quantitative estimate of drug-likeness (QED) is 0.948. The number of amides is 1. The summed E-state index contributed by atoms with van der Waals surface area (Å²) in [5, 5.41) is 2.78. The molecule has 0 atom stereocenters. The van der Waals surface area contributed by atoms with Crippen LogP contribution >= 0.6 is 15.9 Å². The number of nitrogens with zero attached hydrogens (tertiary/aromatic N) is 1. The number of hydrogen-bond acceptors (Lipinski definition) is 3. The van der Waals surface area contributed by atoms with E-state index in [-0.39, 0.29) is 5.91 Å². The van der Waals surface area contributed by atoms with Gasteiger partial charge in [-0.05, 0) is 46.3 Å². The standard InChI is InChI=1S/C13H11BrN2O2/c1-18-12-3-2-9(8-11(12)14)13(17)16-10-4-6-15-7-5-10/h2-8H,1H3,(H,15,16,17). The molecule has 92 valence electrons. The first kappa shape index (κ1) is 12.6. The van der Waals surface area contributed by atoms with Gasteiger partial charge in [0.2, 0.25) is 0 Å². The Kier molecular flexibility index (Phi) is 3.94. The third-order valence-electron chi connectivity index (χ3n) is 2.35. The van der Waals surface area contributed by atoms with Crippen LogP contribution in [0.5, 0.6) is 5.75 Å². The fourth-order valence-corrected chi connectivity index (χ4v) is 1.99. The lowest BCUT2D eigenvalue weighted by molar-refractivity contribution is 0.102. The molecular weight excluding hydrogens is 296 g/mol. The molecule has 1 heterocycles. The highest BCUT2D eigenvalue weighted by atomic mass is 79.9. The number of ether oxygens (including phenoxy) is 1. The van der Waals surface area contributed by atoms with Gasteiger partial charge in [-0.25, -0.2) is 0 Å². The van der Waals surface area contributed by atoms with Crippen molar-refractivity contribution in [2.45, 2.75) is 0 Å². The van der Waals surface area contributed by atoms with E-state index in [0.717, 1.165) is 4.47 Å². The minimum atomic E-state index is -0.176. The smallest absolute Gasteiger partial charge is 0.255 e. The highest BCUT2D eigenvalue weighted by molar-refractivity contribution is 9.10. The van der Waals surface area contributed by atoms with E-state index in [9.17, 15) is 4.79 Å². The van der Waals surface area contributed by atoms with Crippen LogP contribution in [0.2, 0.25) is 0 Å². The molecule has 2 aromatic rings. The summed E-state index contributed by atoms with van der Waals surface area (Å²) in [6, 6.07) is 8.63. The molecule has 0 aliphatic heterocycles. The van der Waals surface area contributed by atoms with Crippen molar-refractivity contribution in [2.24, 2.45) is 0 Å². The Morgan fingerprint density at radius 2 is 2.00 bits per heavy atom. The molecule has 0 radical (unpaired) electrons. The fourth-order valence-electron chi connectivity index (χ4n) is 1.45. The second kappa shape index (κ2) is 5.64. The lowest BCUT2D eigenvalue weighted by Crippen LogP contribution is -2.11. The molecule has 0 saturated heterocycles. The van der Waals surface area contributed by atoms with Crippen molar-refractivity contribution in [1.82, 2.24) is 4.98 Å². The van der Waals surface area contributed by atoms with Gasteiger partial charge in [0.1, 0.15) is 5.75 Å². The maximum atomic E-state index is 12.0. The molecule has 2 rings (SSSR count). The summed E-state index contributed by atoms with van der Waals surface area (Å²) in [4.78, 5) is 15.9. The van der Waals surface area contributed by atoms with Crippen molar-refractivity contribution in [2.75, 3.05) is 12.4 Å². The fraction of sp³-hybridized carbons (Fsp3) is 0.0769. The summed E-state index contributed by atoms with van der Waals surface area (Å²) in [6.45, 7) is 0. The molecule has 0 saturated carbocycles. The molecule has 18 heavy (non-hydrogen) atoms. The predicted molar refractivity (Wildman–Crippen MR) is 72.9 cm³/mol. The van der Waals surface area contributed by atoms with E-state index in [4.69, 9.17) is 4.74 Å². The number of nitrogens with one attached hydrogen (secondary N) is 1. The van der Waals surface area contributed by atoms with Crippen LogP contribution in [-0.2, 0) is 0 Å². The van der Waals surface area contributed by atoms with Crippen LogP contribution in [0.3, 0.4) is 0 Å². The number of halogens is 1. The molecule has 0 spiro atoms. The maximum Gasteiger partial charge on any atom is 0.255 e. The van der Waals surface area contributed by atoms with E-state index in [2.05, 4.69) is 26.2 Å². The van der Waals surface area contributed by atoms with E-state index in [1.807, 2.05) is 0 Å². The van der Waals surface area contributed by atoms with Crippen LogP contribution in [0.1, 0.15) is 10.4 Å². The van der Waals surface area contributed by atoms with Crippen LogP contribution in [0, 0.1) is 0 Å². The monoisotopic (exact) mass is 306 g/mol. The molecule has 0 fully saturated rings. The highest BCUT2D eigenvalue weighted by Crippen LogP contribution is 2.25. The molecule has 0 bridgehead atoms. The van der Waals surface area contributed by atoms with Crippen molar-refractivity contribution >= 4 is 27.5 Å². The molecule has 0 unspecified atom stereocenters. The summed E-state index contributed by atoms with van der Waals surface area (Å²) in [6.07, 6.45) is 3.25. The molecular formula is C13H11BrN2O2. The van der Waals surface area contributed by atoms with Crippen molar-refractivity contribution in [3.63, 3.8) is 0 Å². The van der Waals surface area contributed by atoms with Gasteiger partial charge in [-0.3, -0.25) is 9.78 Å². The van der Waals surface area contributed by atoms with E-state index >= 15 is 0 Å². The Morgan fingerprint density at radius 1 is 1.28 bits per heavy atom. The number of rotatable bonds is 3. The summed E-state index contributed by atoms with van der Waals surface area (Å²) in [7, 11) is 1.58. The summed E-state index contributed by atoms with van der Waals surface area (Å²) < 4.78 is 5.85. The molecule has 5 heteroatoms. The predicted octanol–water partition coefficient (Wildman–Crippen LogP) is 3.11. The number of carbonyl (C=O) groups is 1. The van der Waals surface area contributed by atoms with Gasteiger partial charge < -0.3 is 10.1 Å². The average molecular weight is 307 g/mol. The molecule has 1 N–H and O–H groups in total. The number of anilines is 1. The number of methoxy groups -OCH3 is 1. The van der Waals surface area contributed by atoms with Crippen LogP contribution < -0.4 is 10.1 Å². The van der Waals surface area contributed by atoms with Crippen molar-refractivity contribution in [1.29, 1.82) is 0 Å². The maximum absolute atomic E-state index is 12.0. The van der Waals surface area contributed by atoms with Gasteiger partial charge in [-0.2, -0.15) is 0 Å². The number of pyridine rings is 1. The molecule has 1 aromatic carbocycles. The largest absolute Gasteiger partial charge is 0.496 e. The second-order valence-electron chi connectivity index (χ2n) is 3.54. The van der Waals surface area contributed by atoms with Crippen molar-refractivity contribution in [3.8, 4) is 5.75 Å². The SMILES string of the molecule is COc1ccc(C(=O)Nc2ccncc2)cc1Br. The molecule has 1 aromatic heterocycles.